The lowest BCUT2D eigenvalue weighted by Crippen LogP contribution is -2.35. The lowest BCUT2D eigenvalue weighted by molar-refractivity contribution is -0.840. The Bertz CT molecular complexity index is 253. The van der Waals surface area contributed by atoms with Crippen molar-refractivity contribution in [2.45, 2.75) is 77.6 Å². The van der Waals surface area contributed by atoms with Crippen LogP contribution in [0.4, 0.5) is 0 Å². The minimum Gasteiger partial charge on any atom is -0.633 e. The van der Waals surface area contributed by atoms with E-state index in [2.05, 4.69) is 12.2 Å². The molecule has 0 saturated heterocycles. The third-order valence-corrected chi connectivity index (χ3v) is 3.70. The number of hydrogen-bond donors (Lipinski definition) is 1. The average Bonchev–Trinajstić information content (AvgIpc) is 2.41. The Labute approximate surface area is 136 Å². The molecule has 0 aromatic carbocycles. The zero-order chi connectivity index (χ0) is 16.0. The molecule has 0 aromatic rings. The second-order valence-electron chi connectivity index (χ2n) is 6.58. The van der Waals surface area contributed by atoms with Crippen LogP contribution in [0.1, 0.15) is 77.6 Å². The summed E-state index contributed by atoms with van der Waals surface area (Å²) < 4.78 is -0.284. The van der Waals surface area contributed by atoms with Crippen molar-refractivity contribution in [1.29, 1.82) is 0 Å². The maximum Gasteiger partial charge on any atom is 0.219 e. The number of nitrogens with zero attached hydrogens (tertiary/aromatic N) is 1. The van der Waals surface area contributed by atoms with Crippen LogP contribution >= 0.6 is 0 Å². The highest BCUT2D eigenvalue weighted by atomic mass is 16.5. The van der Waals surface area contributed by atoms with Gasteiger partial charge in [-0.3, -0.25) is 4.79 Å². The first-order valence-electron chi connectivity index (χ1n) is 8.76. The van der Waals surface area contributed by atoms with E-state index in [1.807, 2.05) is 0 Å². The summed E-state index contributed by atoms with van der Waals surface area (Å²) in [5.41, 5.74) is 0. The average molecular weight is 319 g/mol. The van der Waals surface area contributed by atoms with Gasteiger partial charge in [0, 0.05) is 19.4 Å². The molecule has 22 heavy (non-hydrogen) atoms. The second kappa shape index (κ2) is 15.3. The molecule has 0 saturated carbocycles. The molecule has 5 nitrogen and oxygen atoms in total. The molecule has 0 aliphatic rings. The van der Waals surface area contributed by atoms with E-state index >= 15 is 0 Å². The summed E-state index contributed by atoms with van der Waals surface area (Å²) in [6.45, 7) is 3.42. The summed E-state index contributed by atoms with van der Waals surface area (Å²) in [7, 11) is 3.26. The lowest BCUT2D eigenvalue weighted by Gasteiger charge is -2.33. The third kappa shape index (κ3) is 19.4. The van der Waals surface area contributed by atoms with Crippen molar-refractivity contribution in [3.8, 4) is 0 Å². The van der Waals surface area contributed by atoms with Gasteiger partial charge in [-0.2, -0.15) is 0 Å². The van der Waals surface area contributed by atoms with Crippen molar-refractivity contribution in [2.75, 3.05) is 27.2 Å². The van der Waals surface area contributed by atoms with E-state index in [1.165, 1.54) is 44.9 Å². The van der Waals surface area contributed by atoms with Crippen LogP contribution < -0.4 is 5.32 Å². The monoisotopic (exact) mass is 318 g/mol. The fourth-order valence-electron chi connectivity index (χ4n) is 2.37. The van der Waals surface area contributed by atoms with E-state index in [1.54, 1.807) is 14.1 Å². The largest absolute Gasteiger partial charge is 0.633 e. The van der Waals surface area contributed by atoms with Gasteiger partial charge in [0.05, 0.1) is 20.6 Å². The predicted molar refractivity (Wildman–Crippen MR) is 93.4 cm³/mol. The number of hydrogen-bond acceptors (Lipinski definition) is 2. The van der Waals surface area contributed by atoms with Crippen LogP contribution in [-0.2, 0) is 4.79 Å². The summed E-state index contributed by atoms with van der Waals surface area (Å²) >= 11 is 0. The van der Waals surface area contributed by atoms with Gasteiger partial charge in [0.1, 0.15) is 0 Å². The summed E-state index contributed by atoms with van der Waals surface area (Å²) in [6.07, 6.45) is 12.8. The molecule has 0 unspecified atom stereocenters. The standard InChI is InChI=1S/C17H36N2O2.H2O/c1-4-5-6-7-8-9-10-11-12-14-17(20)18-15-13-16-19(2,3)21;/h4-16H2,1-3H3,(H,18,20);1H2. The summed E-state index contributed by atoms with van der Waals surface area (Å²) in [6, 6.07) is 0. The van der Waals surface area contributed by atoms with Gasteiger partial charge in [-0.25, -0.2) is 0 Å². The van der Waals surface area contributed by atoms with Crippen LogP contribution in [-0.4, -0.2) is 43.2 Å². The molecule has 3 N–H and O–H groups in total. The van der Waals surface area contributed by atoms with Gasteiger partial charge < -0.3 is 20.6 Å². The Morgan fingerprint density at radius 3 is 1.91 bits per heavy atom. The van der Waals surface area contributed by atoms with E-state index in [0.29, 0.717) is 19.5 Å². The molecule has 5 heteroatoms. The number of hydroxylamine groups is 3. The van der Waals surface area contributed by atoms with Crippen molar-refractivity contribution in [1.82, 2.24) is 5.32 Å². The smallest absolute Gasteiger partial charge is 0.219 e. The van der Waals surface area contributed by atoms with E-state index in [-0.39, 0.29) is 16.0 Å². The van der Waals surface area contributed by atoms with E-state index < -0.39 is 0 Å². The Morgan fingerprint density at radius 2 is 1.41 bits per heavy atom. The highest BCUT2D eigenvalue weighted by molar-refractivity contribution is 5.75. The molecular weight excluding hydrogens is 280 g/mol. The molecule has 0 atom stereocenters. The maximum absolute atomic E-state index is 11.6. The summed E-state index contributed by atoms with van der Waals surface area (Å²) in [5.74, 6) is 0.133. The van der Waals surface area contributed by atoms with Crippen molar-refractivity contribution in [3.63, 3.8) is 0 Å². The lowest BCUT2D eigenvalue weighted by atomic mass is 10.1. The van der Waals surface area contributed by atoms with Crippen molar-refractivity contribution < 1.29 is 14.9 Å². The molecule has 0 aliphatic heterocycles. The minimum absolute atomic E-state index is 0. The zero-order valence-electron chi connectivity index (χ0n) is 15.0. The normalized spacial score (nSPS) is 11.1. The highest BCUT2D eigenvalue weighted by Gasteiger charge is 2.03. The second-order valence-corrected chi connectivity index (χ2v) is 6.58. The van der Waals surface area contributed by atoms with Crippen LogP contribution in [0.15, 0.2) is 0 Å². The molecule has 0 aliphatic carbocycles. The molecule has 0 fully saturated rings. The van der Waals surface area contributed by atoms with E-state index in [4.69, 9.17) is 0 Å². The van der Waals surface area contributed by atoms with Gasteiger partial charge in [0.15, 0.2) is 0 Å². The first-order chi connectivity index (χ1) is 9.95. The quantitative estimate of drug-likeness (QED) is 0.303. The summed E-state index contributed by atoms with van der Waals surface area (Å²) in [4.78, 5) is 11.6. The Morgan fingerprint density at radius 1 is 0.909 bits per heavy atom. The van der Waals surface area contributed by atoms with Gasteiger partial charge in [-0.1, -0.05) is 58.3 Å². The minimum atomic E-state index is -0.284. The maximum atomic E-state index is 11.6. The number of carbonyl (C=O) groups is 1. The molecule has 0 bridgehead atoms. The van der Waals surface area contributed by atoms with Crippen LogP contribution in [0.5, 0.6) is 0 Å². The molecule has 1 amide bonds. The third-order valence-electron chi connectivity index (χ3n) is 3.70. The van der Waals surface area contributed by atoms with Crippen molar-refractivity contribution >= 4 is 5.91 Å². The summed E-state index contributed by atoms with van der Waals surface area (Å²) in [5, 5.41) is 14.2. The zero-order valence-corrected chi connectivity index (χ0v) is 15.0. The van der Waals surface area contributed by atoms with E-state index in [0.717, 1.165) is 19.3 Å². The Balaban J connectivity index is 0. The number of rotatable bonds is 14. The molecule has 0 heterocycles. The van der Waals surface area contributed by atoms with Gasteiger partial charge >= 0.3 is 0 Å². The Kier molecular flexibility index (Phi) is 16.4. The van der Waals surface area contributed by atoms with Crippen LogP contribution in [0, 0.1) is 5.21 Å². The number of quaternary nitrogens is 1. The van der Waals surface area contributed by atoms with Crippen molar-refractivity contribution in [2.24, 2.45) is 0 Å². The molecule has 0 radical (unpaired) electrons. The van der Waals surface area contributed by atoms with E-state index in [9.17, 15) is 10.0 Å². The fourth-order valence-corrected chi connectivity index (χ4v) is 2.37. The molecule has 0 aromatic heterocycles. The number of nitrogens with one attached hydrogen (secondary N) is 1. The number of unbranched alkanes of at least 4 members (excludes halogenated alkanes) is 8. The number of amides is 1. The topological polar surface area (TPSA) is 83.7 Å². The van der Waals surface area contributed by atoms with Crippen LogP contribution in [0.25, 0.3) is 0 Å². The highest BCUT2D eigenvalue weighted by Crippen LogP contribution is 2.10. The Hall–Kier alpha value is -0.650. The molecule has 0 rings (SSSR count). The van der Waals surface area contributed by atoms with Crippen LogP contribution in [0.3, 0.4) is 0 Å². The van der Waals surface area contributed by atoms with Gasteiger partial charge in [-0.05, 0) is 6.42 Å². The predicted octanol–water partition coefficient (Wildman–Crippen LogP) is 3.16. The van der Waals surface area contributed by atoms with Crippen LogP contribution in [0.2, 0.25) is 0 Å². The van der Waals surface area contributed by atoms with Gasteiger partial charge in [-0.15, -0.1) is 0 Å². The fraction of sp³-hybridized carbons (Fsp3) is 0.941. The molecular formula is C17H38N2O3. The van der Waals surface area contributed by atoms with Gasteiger partial charge in [0.25, 0.3) is 0 Å². The molecule has 134 valence electrons. The first-order valence-corrected chi connectivity index (χ1v) is 8.76. The van der Waals surface area contributed by atoms with Gasteiger partial charge in [0.2, 0.25) is 5.91 Å². The SMILES string of the molecule is CCCCCCCCCCCC(=O)NCCC[N+](C)(C)[O-].O. The number of carbonyl (C=O) groups excluding carboxylic acids is 1. The molecule has 0 spiro atoms. The van der Waals surface area contributed by atoms with Crippen molar-refractivity contribution in [3.05, 3.63) is 5.21 Å². The first kappa shape index (κ1) is 23.6.